The van der Waals surface area contributed by atoms with Gasteiger partial charge < -0.3 is 5.32 Å². The first-order chi connectivity index (χ1) is 10.0. The fraction of sp³-hybridized carbons (Fsp3) is 0.647. The monoisotopic (exact) mass is 356 g/mol. The molecule has 1 aliphatic rings. The van der Waals surface area contributed by atoms with Gasteiger partial charge in [0.15, 0.2) is 0 Å². The highest BCUT2D eigenvalue weighted by Crippen LogP contribution is 2.37. The van der Waals surface area contributed by atoms with E-state index in [-0.39, 0.29) is 17.4 Å². The van der Waals surface area contributed by atoms with Crippen LogP contribution in [0.3, 0.4) is 0 Å². The molecule has 0 saturated carbocycles. The number of nitrogens with zero attached hydrogens (tertiary/aromatic N) is 1. The van der Waals surface area contributed by atoms with Crippen molar-refractivity contribution in [3.8, 4) is 0 Å². The number of hydrogen-bond donors (Lipinski definition) is 1. The normalized spacial score (nSPS) is 21.0. The Morgan fingerprint density at radius 3 is 2.57 bits per heavy atom. The number of halogens is 2. The lowest BCUT2D eigenvalue weighted by molar-refractivity contribution is 0.0437. The van der Waals surface area contributed by atoms with Gasteiger partial charge in [-0.1, -0.05) is 29.3 Å². The first-order valence-electron chi connectivity index (χ1n) is 7.90. The molecule has 0 aliphatic carbocycles. The lowest BCUT2D eigenvalue weighted by Gasteiger charge is -2.48. The number of nitrogens with one attached hydrogen (secondary N) is 1. The minimum Gasteiger partial charge on any atom is -0.311 e. The molecule has 0 bridgehead atoms. The van der Waals surface area contributed by atoms with Crippen molar-refractivity contribution >= 4 is 15.9 Å². The molecule has 1 saturated heterocycles. The molecule has 2 unspecified atom stereocenters. The molecule has 0 aromatic heterocycles. The summed E-state index contributed by atoms with van der Waals surface area (Å²) in [5, 5.41) is 3.37. The Hall–Kier alpha value is -0.450. The lowest BCUT2D eigenvalue weighted by Crippen LogP contribution is -2.55. The van der Waals surface area contributed by atoms with Crippen LogP contribution in [0.5, 0.6) is 0 Å². The van der Waals surface area contributed by atoms with E-state index in [1.54, 1.807) is 12.1 Å². The van der Waals surface area contributed by atoms with Gasteiger partial charge in [0.1, 0.15) is 5.82 Å². The number of likely N-dealkylation sites (N-methyl/N-ethyl adjacent to an activating group) is 1. The van der Waals surface area contributed by atoms with Crippen LogP contribution in [-0.2, 0) is 0 Å². The Morgan fingerprint density at radius 2 is 2.00 bits per heavy atom. The molecule has 1 heterocycles. The van der Waals surface area contributed by atoms with Crippen LogP contribution in [0.15, 0.2) is 22.7 Å². The van der Waals surface area contributed by atoms with Crippen LogP contribution in [0.25, 0.3) is 0 Å². The highest BCUT2D eigenvalue weighted by Gasteiger charge is 2.39. The number of piperidine rings is 1. The molecular weight excluding hydrogens is 331 g/mol. The maximum atomic E-state index is 14.4. The van der Waals surface area contributed by atoms with Crippen LogP contribution < -0.4 is 5.32 Å². The lowest BCUT2D eigenvalue weighted by atomic mass is 9.81. The predicted molar refractivity (Wildman–Crippen MR) is 90.0 cm³/mol. The van der Waals surface area contributed by atoms with Crippen LogP contribution in [-0.4, -0.2) is 30.6 Å². The van der Waals surface area contributed by atoms with Crippen LogP contribution in [0.4, 0.5) is 4.39 Å². The predicted octanol–water partition coefficient (Wildman–Crippen LogP) is 4.50. The molecule has 1 fully saturated rings. The van der Waals surface area contributed by atoms with Crippen molar-refractivity contribution in [1.82, 2.24) is 10.2 Å². The summed E-state index contributed by atoms with van der Waals surface area (Å²) in [6.45, 7) is 6.69. The summed E-state index contributed by atoms with van der Waals surface area (Å²) in [4.78, 5) is 2.54. The zero-order valence-corrected chi connectivity index (χ0v) is 14.8. The zero-order valence-electron chi connectivity index (χ0n) is 13.3. The largest absolute Gasteiger partial charge is 0.311 e. The van der Waals surface area contributed by atoms with Gasteiger partial charge in [-0.2, -0.15) is 0 Å². The molecule has 1 N–H and O–H groups in total. The molecule has 1 aromatic rings. The average molecular weight is 357 g/mol. The molecule has 1 aromatic carbocycles. The summed E-state index contributed by atoms with van der Waals surface area (Å²) in [5.41, 5.74) is 0.679. The SMILES string of the molecule is CCC(C)(C(NC)c1cc(Br)ccc1F)N1CCCCC1. The quantitative estimate of drug-likeness (QED) is 0.835. The zero-order chi connectivity index (χ0) is 15.5. The van der Waals surface area contributed by atoms with Crippen molar-refractivity contribution in [3.63, 3.8) is 0 Å². The highest BCUT2D eigenvalue weighted by molar-refractivity contribution is 9.10. The standard InChI is InChI=1S/C17H26BrFN2/c1-4-17(2,21-10-6-5-7-11-21)16(20-3)14-12-13(18)8-9-15(14)19/h8-9,12,16,20H,4-7,10-11H2,1-3H3. The molecule has 118 valence electrons. The summed E-state index contributed by atoms with van der Waals surface area (Å²) in [5.74, 6) is -0.130. The Balaban J connectivity index is 2.38. The van der Waals surface area contributed by atoms with E-state index in [0.717, 1.165) is 29.5 Å². The third-order valence-corrected chi connectivity index (χ3v) is 5.47. The van der Waals surface area contributed by atoms with Gasteiger partial charge in [0, 0.05) is 15.6 Å². The number of rotatable bonds is 5. The van der Waals surface area contributed by atoms with E-state index in [1.165, 1.54) is 19.3 Å². The third-order valence-electron chi connectivity index (χ3n) is 4.97. The van der Waals surface area contributed by atoms with Crippen molar-refractivity contribution in [2.75, 3.05) is 20.1 Å². The number of hydrogen-bond acceptors (Lipinski definition) is 2. The van der Waals surface area contributed by atoms with Gasteiger partial charge in [-0.15, -0.1) is 0 Å². The van der Waals surface area contributed by atoms with Crippen molar-refractivity contribution in [2.45, 2.75) is 51.1 Å². The van der Waals surface area contributed by atoms with Crippen molar-refractivity contribution in [1.29, 1.82) is 0 Å². The molecule has 0 radical (unpaired) electrons. The Labute approximate surface area is 136 Å². The van der Waals surface area contributed by atoms with E-state index in [0.29, 0.717) is 0 Å². The summed E-state index contributed by atoms with van der Waals surface area (Å²) in [6, 6.07) is 5.21. The van der Waals surface area contributed by atoms with E-state index < -0.39 is 0 Å². The second-order valence-electron chi connectivity index (χ2n) is 6.15. The van der Waals surface area contributed by atoms with E-state index >= 15 is 0 Å². The Kier molecular flexibility index (Phi) is 5.81. The van der Waals surface area contributed by atoms with Crippen molar-refractivity contribution in [3.05, 3.63) is 34.1 Å². The van der Waals surface area contributed by atoms with E-state index in [2.05, 4.69) is 40.0 Å². The molecule has 1 aliphatic heterocycles. The van der Waals surface area contributed by atoms with Crippen LogP contribution in [0, 0.1) is 5.82 Å². The van der Waals surface area contributed by atoms with E-state index in [1.807, 2.05) is 13.1 Å². The first-order valence-corrected chi connectivity index (χ1v) is 8.69. The average Bonchev–Trinajstić information content (AvgIpc) is 2.52. The second kappa shape index (κ2) is 7.21. The molecule has 2 rings (SSSR count). The summed E-state index contributed by atoms with van der Waals surface area (Å²) >= 11 is 3.47. The van der Waals surface area contributed by atoms with Gasteiger partial charge in [0.2, 0.25) is 0 Å². The van der Waals surface area contributed by atoms with E-state index in [9.17, 15) is 4.39 Å². The van der Waals surface area contributed by atoms with Gasteiger partial charge in [0.05, 0.1) is 6.04 Å². The Bertz CT molecular complexity index is 474. The van der Waals surface area contributed by atoms with Crippen LogP contribution in [0.1, 0.15) is 51.1 Å². The summed E-state index contributed by atoms with van der Waals surface area (Å²) < 4.78 is 15.3. The summed E-state index contributed by atoms with van der Waals surface area (Å²) in [6.07, 6.45) is 4.79. The molecule has 0 spiro atoms. The molecule has 2 atom stereocenters. The van der Waals surface area contributed by atoms with E-state index in [4.69, 9.17) is 0 Å². The Morgan fingerprint density at radius 1 is 1.33 bits per heavy atom. The maximum absolute atomic E-state index is 14.4. The number of likely N-dealkylation sites (tertiary alicyclic amines) is 1. The fourth-order valence-corrected chi connectivity index (χ4v) is 3.93. The fourth-order valence-electron chi connectivity index (χ4n) is 3.55. The first kappa shape index (κ1) is 16.9. The van der Waals surface area contributed by atoms with Gasteiger partial charge in [-0.25, -0.2) is 4.39 Å². The minimum atomic E-state index is -0.130. The molecule has 21 heavy (non-hydrogen) atoms. The molecular formula is C17H26BrFN2. The third kappa shape index (κ3) is 3.49. The topological polar surface area (TPSA) is 15.3 Å². The molecule has 0 amide bonds. The number of benzene rings is 1. The van der Waals surface area contributed by atoms with Crippen LogP contribution >= 0.6 is 15.9 Å². The highest BCUT2D eigenvalue weighted by atomic mass is 79.9. The summed E-state index contributed by atoms with van der Waals surface area (Å²) in [7, 11) is 1.93. The van der Waals surface area contributed by atoms with Gasteiger partial charge in [-0.05, 0) is 64.5 Å². The van der Waals surface area contributed by atoms with Crippen molar-refractivity contribution in [2.24, 2.45) is 0 Å². The minimum absolute atomic E-state index is 0.0156. The van der Waals surface area contributed by atoms with Gasteiger partial charge in [-0.3, -0.25) is 4.90 Å². The van der Waals surface area contributed by atoms with Gasteiger partial charge in [0.25, 0.3) is 0 Å². The molecule has 4 heteroatoms. The van der Waals surface area contributed by atoms with Crippen LogP contribution in [0.2, 0.25) is 0 Å². The van der Waals surface area contributed by atoms with Gasteiger partial charge >= 0.3 is 0 Å². The maximum Gasteiger partial charge on any atom is 0.128 e. The smallest absolute Gasteiger partial charge is 0.128 e. The second-order valence-corrected chi connectivity index (χ2v) is 7.06. The molecule has 2 nitrogen and oxygen atoms in total. The van der Waals surface area contributed by atoms with Crippen molar-refractivity contribution < 1.29 is 4.39 Å².